The molecule has 0 aliphatic rings. The molecule has 4 heteroatoms. The molecule has 2 rings (SSSR count). The van der Waals surface area contributed by atoms with Crippen molar-refractivity contribution in [2.45, 2.75) is 51.9 Å². The lowest BCUT2D eigenvalue weighted by Crippen LogP contribution is -2.20. The number of hydrogen-bond acceptors (Lipinski definition) is 3. The van der Waals surface area contributed by atoms with Crippen molar-refractivity contribution in [3.05, 3.63) is 41.7 Å². The molecule has 0 aliphatic carbocycles. The largest absolute Gasteiger partial charge is 0.343 e. The number of rotatable bonds is 9. The normalized spacial score (nSPS) is 12.3. The van der Waals surface area contributed by atoms with Crippen molar-refractivity contribution < 1.29 is 0 Å². The first-order chi connectivity index (χ1) is 10.7. The van der Waals surface area contributed by atoms with Crippen molar-refractivity contribution >= 4 is 5.95 Å². The summed E-state index contributed by atoms with van der Waals surface area (Å²) < 4.78 is 0. The third-order valence-corrected chi connectivity index (χ3v) is 4.15. The number of nitrogens with one attached hydrogen (secondary N) is 1. The Morgan fingerprint density at radius 3 is 2.64 bits per heavy atom. The number of aromatic nitrogens is 3. The van der Waals surface area contributed by atoms with Gasteiger partial charge in [0.1, 0.15) is 5.82 Å². The van der Waals surface area contributed by atoms with Crippen molar-refractivity contribution in [2.75, 3.05) is 18.5 Å². The molecule has 0 fully saturated rings. The van der Waals surface area contributed by atoms with Gasteiger partial charge in [0.15, 0.2) is 0 Å². The molecule has 0 bridgehead atoms. The molecule has 1 aromatic heterocycles. The van der Waals surface area contributed by atoms with Gasteiger partial charge in [0.25, 0.3) is 0 Å². The highest BCUT2D eigenvalue weighted by Crippen LogP contribution is 2.22. The first-order valence-electron chi connectivity index (χ1n) is 8.42. The summed E-state index contributed by atoms with van der Waals surface area (Å²) in [5.41, 5.74) is 1.39. The van der Waals surface area contributed by atoms with E-state index in [1.165, 1.54) is 18.4 Å². The summed E-state index contributed by atoms with van der Waals surface area (Å²) in [6.45, 7) is 5.40. The van der Waals surface area contributed by atoms with Gasteiger partial charge in [0.2, 0.25) is 5.95 Å². The minimum Gasteiger partial charge on any atom is -0.343 e. The van der Waals surface area contributed by atoms with Crippen LogP contribution in [0.3, 0.4) is 0 Å². The number of aryl methyl sites for hydroxylation is 1. The molecule has 0 spiro atoms. The van der Waals surface area contributed by atoms with Gasteiger partial charge in [-0.3, -0.25) is 5.10 Å². The van der Waals surface area contributed by atoms with Crippen LogP contribution in [-0.4, -0.2) is 28.8 Å². The van der Waals surface area contributed by atoms with Gasteiger partial charge in [-0.05, 0) is 31.2 Å². The minimum atomic E-state index is 0.504. The van der Waals surface area contributed by atoms with Crippen LogP contribution in [0.1, 0.15) is 56.8 Å². The second-order valence-corrected chi connectivity index (χ2v) is 5.93. The van der Waals surface area contributed by atoms with E-state index in [1.807, 2.05) is 0 Å². The monoisotopic (exact) mass is 300 g/mol. The average Bonchev–Trinajstić information content (AvgIpc) is 3.03. The van der Waals surface area contributed by atoms with Gasteiger partial charge in [0, 0.05) is 19.5 Å². The van der Waals surface area contributed by atoms with Crippen molar-refractivity contribution in [3.63, 3.8) is 0 Å². The third-order valence-electron chi connectivity index (χ3n) is 4.15. The molecule has 120 valence electrons. The molecular weight excluding hydrogens is 272 g/mol. The fourth-order valence-electron chi connectivity index (χ4n) is 2.77. The number of anilines is 1. The maximum atomic E-state index is 4.68. The highest BCUT2D eigenvalue weighted by atomic mass is 15.3. The van der Waals surface area contributed by atoms with Crippen LogP contribution in [0.15, 0.2) is 30.3 Å². The van der Waals surface area contributed by atoms with Crippen LogP contribution < -0.4 is 4.90 Å². The van der Waals surface area contributed by atoms with E-state index in [9.17, 15) is 0 Å². The summed E-state index contributed by atoms with van der Waals surface area (Å²) >= 11 is 0. The Balaban J connectivity index is 1.85. The number of H-pyrrole nitrogens is 1. The predicted molar refractivity (Wildman–Crippen MR) is 92.4 cm³/mol. The fourth-order valence-corrected chi connectivity index (χ4v) is 2.77. The van der Waals surface area contributed by atoms with E-state index >= 15 is 0 Å². The Hall–Kier alpha value is -1.84. The molecule has 1 heterocycles. The van der Waals surface area contributed by atoms with Crippen molar-refractivity contribution in [1.82, 2.24) is 15.2 Å². The number of hydrogen-bond donors (Lipinski definition) is 1. The van der Waals surface area contributed by atoms with Gasteiger partial charge in [-0.25, -0.2) is 0 Å². The second kappa shape index (κ2) is 8.57. The zero-order valence-electron chi connectivity index (χ0n) is 14.0. The Kier molecular flexibility index (Phi) is 6.44. The highest BCUT2D eigenvalue weighted by molar-refractivity contribution is 5.27. The van der Waals surface area contributed by atoms with Gasteiger partial charge in [-0.1, -0.05) is 50.6 Å². The Morgan fingerprint density at radius 1 is 1.18 bits per heavy atom. The van der Waals surface area contributed by atoms with Crippen LogP contribution in [0.2, 0.25) is 0 Å². The molecule has 4 nitrogen and oxygen atoms in total. The highest BCUT2D eigenvalue weighted by Gasteiger charge is 2.15. The molecule has 0 saturated carbocycles. The summed E-state index contributed by atoms with van der Waals surface area (Å²) in [6.07, 6.45) is 5.66. The molecule has 1 aromatic carbocycles. The van der Waals surface area contributed by atoms with E-state index in [4.69, 9.17) is 0 Å². The summed E-state index contributed by atoms with van der Waals surface area (Å²) in [7, 11) is 2.07. The van der Waals surface area contributed by atoms with Crippen molar-refractivity contribution in [2.24, 2.45) is 0 Å². The summed E-state index contributed by atoms with van der Waals surface area (Å²) in [6, 6.07) is 10.6. The van der Waals surface area contributed by atoms with Crippen LogP contribution in [0.5, 0.6) is 0 Å². The minimum absolute atomic E-state index is 0.504. The summed E-state index contributed by atoms with van der Waals surface area (Å²) in [5, 5.41) is 7.51. The van der Waals surface area contributed by atoms with E-state index in [-0.39, 0.29) is 0 Å². The smallest absolute Gasteiger partial charge is 0.244 e. The van der Waals surface area contributed by atoms with Crippen LogP contribution in [0.4, 0.5) is 5.95 Å². The molecule has 22 heavy (non-hydrogen) atoms. The lowest BCUT2D eigenvalue weighted by atomic mass is 10.0. The zero-order chi connectivity index (χ0) is 15.8. The molecule has 1 atom stereocenters. The lowest BCUT2D eigenvalue weighted by Gasteiger charge is -2.14. The second-order valence-electron chi connectivity index (χ2n) is 5.93. The van der Waals surface area contributed by atoms with Crippen LogP contribution in [0, 0.1) is 0 Å². The van der Waals surface area contributed by atoms with Gasteiger partial charge in [0.05, 0.1) is 0 Å². The SMILES string of the molecule is CCCC(CC)c1nc(N(C)CCCc2ccccc2)n[nH]1. The van der Waals surface area contributed by atoms with E-state index in [0.29, 0.717) is 5.92 Å². The van der Waals surface area contributed by atoms with Crippen LogP contribution in [-0.2, 0) is 6.42 Å². The number of aromatic amines is 1. The third kappa shape index (κ3) is 4.58. The molecule has 2 aromatic rings. The standard InChI is InChI=1S/C18H28N4/c1-4-10-16(5-2)17-19-18(21-20-17)22(3)14-9-13-15-11-7-6-8-12-15/h6-8,11-12,16H,4-5,9-10,13-14H2,1-3H3,(H,19,20,21). The maximum Gasteiger partial charge on any atom is 0.244 e. The van der Waals surface area contributed by atoms with E-state index in [0.717, 1.165) is 37.6 Å². The first kappa shape index (κ1) is 16.5. The summed E-state index contributed by atoms with van der Waals surface area (Å²) in [4.78, 5) is 6.83. The molecule has 0 aliphatic heterocycles. The van der Waals surface area contributed by atoms with Crippen LogP contribution >= 0.6 is 0 Å². The summed E-state index contributed by atoms with van der Waals surface area (Å²) in [5.74, 6) is 2.36. The van der Waals surface area contributed by atoms with Crippen molar-refractivity contribution in [3.8, 4) is 0 Å². The van der Waals surface area contributed by atoms with Gasteiger partial charge < -0.3 is 4.90 Å². The maximum absolute atomic E-state index is 4.68. The Morgan fingerprint density at radius 2 is 1.95 bits per heavy atom. The zero-order valence-corrected chi connectivity index (χ0v) is 14.0. The molecular formula is C18H28N4. The Labute approximate surface area is 134 Å². The van der Waals surface area contributed by atoms with E-state index < -0.39 is 0 Å². The molecule has 0 amide bonds. The van der Waals surface area contributed by atoms with Gasteiger partial charge >= 0.3 is 0 Å². The molecule has 1 N–H and O–H groups in total. The average molecular weight is 300 g/mol. The lowest BCUT2D eigenvalue weighted by molar-refractivity contribution is 0.566. The van der Waals surface area contributed by atoms with Gasteiger partial charge in [-0.2, -0.15) is 4.98 Å². The molecule has 1 unspecified atom stereocenters. The predicted octanol–water partition coefficient (Wildman–Crippen LogP) is 4.17. The molecule has 0 radical (unpaired) electrons. The quantitative estimate of drug-likeness (QED) is 0.756. The van der Waals surface area contributed by atoms with Crippen LogP contribution in [0.25, 0.3) is 0 Å². The van der Waals surface area contributed by atoms with E-state index in [2.05, 4.69) is 71.3 Å². The first-order valence-corrected chi connectivity index (χ1v) is 8.42. The Bertz CT molecular complexity index is 535. The van der Waals surface area contributed by atoms with Gasteiger partial charge in [-0.15, -0.1) is 5.10 Å². The van der Waals surface area contributed by atoms with E-state index in [1.54, 1.807) is 0 Å². The number of benzene rings is 1. The van der Waals surface area contributed by atoms with Crippen molar-refractivity contribution in [1.29, 1.82) is 0 Å². The topological polar surface area (TPSA) is 44.8 Å². The fraction of sp³-hybridized carbons (Fsp3) is 0.556. The molecule has 0 saturated heterocycles. The number of nitrogens with zero attached hydrogens (tertiary/aromatic N) is 3.